The van der Waals surface area contributed by atoms with E-state index in [1.54, 1.807) is 29.1 Å². The highest BCUT2D eigenvalue weighted by atomic mass is 35.5. The number of nitrogens with zero attached hydrogens (tertiary/aromatic N) is 2. The Labute approximate surface area is 173 Å². The highest BCUT2D eigenvalue weighted by Gasteiger charge is 2.11. The van der Waals surface area contributed by atoms with Crippen LogP contribution in [0.1, 0.15) is 21.5 Å². The maximum Gasteiger partial charge on any atom is 0.331 e. The molecule has 0 N–H and O–H groups in total. The third kappa shape index (κ3) is 5.80. The third-order valence-electron chi connectivity index (χ3n) is 4.07. The monoisotopic (exact) mass is 410 g/mol. The molecule has 3 rings (SSSR count). The summed E-state index contributed by atoms with van der Waals surface area (Å²) in [6.45, 7) is 0.261. The lowest BCUT2D eigenvalue weighted by atomic mass is 10.1. The van der Waals surface area contributed by atoms with Gasteiger partial charge in [-0.3, -0.25) is 9.48 Å². The number of ether oxygens (including phenoxy) is 2. The van der Waals surface area contributed by atoms with Crippen molar-refractivity contribution in [2.45, 2.75) is 6.54 Å². The maximum atomic E-state index is 12.1. The molecular formula is C22H19ClN2O4. The number of hydrogen-bond acceptors (Lipinski definition) is 5. The smallest absolute Gasteiger partial charge is 0.331 e. The van der Waals surface area contributed by atoms with Crippen molar-refractivity contribution < 1.29 is 19.1 Å². The van der Waals surface area contributed by atoms with Gasteiger partial charge in [0, 0.05) is 23.4 Å². The normalized spacial score (nSPS) is 10.8. The zero-order valence-corrected chi connectivity index (χ0v) is 16.5. The van der Waals surface area contributed by atoms with E-state index < -0.39 is 5.97 Å². The van der Waals surface area contributed by atoms with Crippen LogP contribution in [0.3, 0.4) is 0 Å². The van der Waals surface area contributed by atoms with Gasteiger partial charge in [0.05, 0.1) is 24.9 Å². The van der Waals surface area contributed by atoms with Crippen molar-refractivity contribution in [3.05, 3.63) is 88.7 Å². The minimum Gasteiger partial charge on any atom is -0.495 e. The van der Waals surface area contributed by atoms with E-state index in [0.29, 0.717) is 22.9 Å². The summed E-state index contributed by atoms with van der Waals surface area (Å²) in [6, 6.07) is 14.6. The molecule has 0 bridgehead atoms. The van der Waals surface area contributed by atoms with Gasteiger partial charge in [-0.25, -0.2) is 4.79 Å². The second-order valence-corrected chi connectivity index (χ2v) is 6.58. The van der Waals surface area contributed by atoms with E-state index in [2.05, 4.69) is 5.10 Å². The second kappa shape index (κ2) is 9.71. The lowest BCUT2D eigenvalue weighted by molar-refractivity contribution is -0.136. The highest BCUT2D eigenvalue weighted by Crippen LogP contribution is 2.25. The van der Waals surface area contributed by atoms with Crippen LogP contribution in [0.25, 0.3) is 6.08 Å². The van der Waals surface area contributed by atoms with Gasteiger partial charge in [-0.05, 0) is 29.8 Å². The fourth-order valence-corrected chi connectivity index (χ4v) is 2.85. The van der Waals surface area contributed by atoms with E-state index in [0.717, 1.165) is 11.1 Å². The van der Waals surface area contributed by atoms with Crippen LogP contribution >= 0.6 is 11.6 Å². The van der Waals surface area contributed by atoms with E-state index in [1.807, 2.05) is 36.5 Å². The van der Waals surface area contributed by atoms with Gasteiger partial charge in [0.2, 0.25) is 0 Å². The largest absolute Gasteiger partial charge is 0.495 e. The molecule has 0 aliphatic carbocycles. The molecule has 0 amide bonds. The lowest BCUT2D eigenvalue weighted by Gasteiger charge is -2.05. The Morgan fingerprint density at radius 3 is 2.69 bits per heavy atom. The molecule has 7 heteroatoms. The Kier molecular flexibility index (Phi) is 6.81. The summed E-state index contributed by atoms with van der Waals surface area (Å²) in [6.07, 6.45) is 6.32. The van der Waals surface area contributed by atoms with Crippen molar-refractivity contribution in [1.82, 2.24) is 9.78 Å². The first kappa shape index (κ1) is 20.4. The molecule has 2 aromatic carbocycles. The van der Waals surface area contributed by atoms with Crippen LogP contribution in [0.15, 0.2) is 67.0 Å². The van der Waals surface area contributed by atoms with Gasteiger partial charge in [-0.1, -0.05) is 41.9 Å². The Morgan fingerprint density at radius 2 is 1.97 bits per heavy atom. The minimum atomic E-state index is -0.617. The molecule has 0 atom stereocenters. The highest BCUT2D eigenvalue weighted by molar-refractivity contribution is 6.32. The van der Waals surface area contributed by atoms with Gasteiger partial charge in [0.25, 0.3) is 0 Å². The van der Waals surface area contributed by atoms with Crippen LogP contribution in [0, 0.1) is 0 Å². The van der Waals surface area contributed by atoms with Gasteiger partial charge >= 0.3 is 5.97 Å². The number of Topliss-reactive ketones (excluding diaryl/α,β-unsaturated/α-hetero) is 1. The standard InChI is InChI=1S/C22H19ClN2O4/c1-28-21-9-8-18(11-19(21)23)20(26)15-29-22(27)10-7-17-12-24-25(14-17)13-16-5-3-2-4-6-16/h2-12,14H,13,15H2,1H3/b10-7+. The molecule has 1 heterocycles. The van der Waals surface area contributed by atoms with E-state index >= 15 is 0 Å². The third-order valence-corrected chi connectivity index (χ3v) is 4.37. The molecule has 0 spiro atoms. The molecule has 29 heavy (non-hydrogen) atoms. The fourth-order valence-electron chi connectivity index (χ4n) is 2.59. The average molecular weight is 411 g/mol. The number of rotatable bonds is 8. The summed E-state index contributed by atoms with van der Waals surface area (Å²) >= 11 is 6.00. The summed E-state index contributed by atoms with van der Waals surface area (Å²) < 4.78 is 11.8. The minimum absolute atomic E-state index is 0.317. The van der Waals surface area contributed by atoms with E-state index in [-0.39, 0.29) is 12.4 Å². The fraction of sp³-hybridized carbons (Fsp3) is 0.136. The van der Waals surface area contributed by atoms with E-state index in [4.69, 9.17) is 21.1 Å². The first-order valence-corrected chi connectivity index (χ1v) is 9.21. The number of hydrogen-bond donors (Lipinski definition) is 0. The van der Waals surface area contributed by atoms with Gasteiger partial charge in [0.1, 0.15) is 5.75 Å². The van der Waals surface area contributed by atoms with Crippen LogP contribution in [0.2, 0.25) is 5.02 Å². The summed E-state index contributed by atoms with van der Waals surface area (Å²) in [5, 5.41) is 4.58. The number of esters is 1. The number of carbonyl (C=O) groups excluding carboxylic acids is 2. The van der Waals surface area contributed by atoms with Crippen LogP contribution < -0.4 is 4.74 Å². The van der Waals surface area contributed by atoms with Gasteiger partial charge in [0.15, 0.2) is 12.4 Å². The van der Waals surface area contributed by atoms with E-state index in [9.17, 15) is 9.59 Å². The lowest BCUT2D eigenvalue weighted by Crippen LogP contribution is -2.12. The second-order valence-electron chi connectivity index (χ2n) is 6.17. The first-order chi connectivity index (χ1) is 14.0. The first-order valence-electron chi connectivity index (χ1n) is 8.83. The molecule has 1 aromatic heterocycles. The topological polar surface area (TPSA) is 70.4 Å². The predicted molar refractivity (Wildman–Crippen MR) is 110 cm³/mol. The molecular weight excluding hydrogens is 392 g/mol. The quantitative estimate of drug-likeness (QED) is 0.318. The number of aromatic nitrogens is 2. The van der Waals surface area contributed by atoms with Crippen molar-refractivity contribution in [1.29, 1.82) is 0 Å². The molecule has 0 unspecified atom stereocenters. The van der Waals surface area contributed by atoms with Gasteiger partial charge in [-0.2, -0.15) is 5.10 Å². The summed E-state index contributed by atoms with van der Waals surface area (Å²) in [4.78, 5) is 24.0. The van der Waals surface area contributed by atoms with Crippen LogP contribution in [0.5, 0.6) is 5.75 Å². The number of ketones is 1. The number of methoxy groups -OCH3 is 1. The van der Waals surface area contributed by atoms with Crippen molar-refractivity contribution in [2.75, 3.05) is 13.7 Å². The van der Waals surface area contributed by atoms with Crippen LogP contribution in [0.4, 0.5) is 0 Å². The van der Waals surface area contributed by atoms with Crippen molar-refractivity contribution in [3.63, 3.8) is 0 Å². The van der Waals surface area contributed by atoms with Crippen molar-refractivity contribution >= 4 is 29.4 Å². The molecule has 0 saturated heterocycles. The number of carbonyl (C=O) groups is 2. The molecule has 0 aliphatic heterocycles. The molecule has 0 radical (unpaired) electrons. The van der Waals surface area contributed by atoms with E-state index in [1.165, 1.54) is 19.3 Å². The summed E-state index contributed by atoms with van der Waals surface area (Å²) in [5.41, 5.74) is 2.23. The Bertz CT molecular complexity index is 1030. The molecule has 148 valence electrons. The Morgan fingerprint density at radius 1 is 1.17 bits per heavy atom. The van der Waals surface area contributed by atoms with Gasteiger partial charge in [-0.15, -0.1) is 0 Å². The predicted octanol–water partition coefficient (Wildman–Crippen LogP) is 4.03. The summed E-state index contributed by atoms with van der Waals surface area (Å²) in [7, 11) is 1.49. The molecule has 0 aliphatic rings. The molecule has 3 aromatic rings. The molecule has 0 saturated carbocycles. The number of halogens is 1. The zero-order valence-electron chi connectivity index (χ0n) is 15.7. The zero-order chi connectivity index (χ0) is 20.6. The molecule has 0 fully saturated rings. The Hall–Kier alpha value is -3.38. The van der Waals surface area contributed by atoms with Crippen molar-refractivity contribution in [2.24, 2.45) is 0 Å². The average Bonchev–Trinajstić information content (AvgIpc) is 3.18. The van der Waals surface area contributed by atoms with Crippen LogP contribution in [-0.2, 0) is 16.1 Å². The van der Waals surface area contributed by atoms with Gasteiger partial charge < -0.3 is 9.47 Å². The molecule has 6 nitrogen and oxygen atoms in total. The SMILES string of the molecule is COc1ccc(C(=O)COC(=O)/C=C/c2cnn(Cc3ccccc3)c2)cc1Cl. The van der Waals surface area contributed by atoms with Crippen LogP contribution in [-0.4, -0.2) is 35.2 Å². The Balaban J connectivity index is 1.51. The van der Waals surface area contributed by atoms with Crippen molar-refractivity contribution in [3.8, 4) is 5.75 Å². The number of benzene rings is 2. The summed E-state index contributed by atoms with van der Waals surface area (Å²) in [5.74, 6) is -0.503. The maximum absolute atomic E-state index is 12.1.